The predicted molar refractivity (Wildman–Crippen MR) is 196 cm³/mol. The van der Waals surface area contributed by atoms with Crippen molar-refractivity contribution in [3.05, 3.63) is 0 Å². The Balaban J connectivity index is 1.39. The molecule has 0 unspecified atom stereocenters. The molecule has 0 amide bonds. The molecule has 0 spiro atoms. The summed E-state index contributed by atoms with van der Waals surface area (Å²) in [5.74, 6) is -1.32. The van der Waals surface area contributed by atoms with Crippen molar-refractivity contribution in [2.24, 2.45) is 0 Å². The van der Waals surface area contributed by atoms with E-state index in [0.717, 1.165) is 12.8 Å². The van der Waals surface area contributed by atoms with E-state index in [2.05, 4.69) is 13.8 Å². The molecule has 0 radical (unpaired) electrons. The molecule has 12 nitrogen and oxygen atoms in total. The second-order valence-corrected chi connectivity index (χ2v) is 18.8. The fourth-order valence-electron chi connectivity index (χ4n) is 9.20. The lowest BCUT2D eigenvalue weighted by atomic mass is 9.85. The minimum atomic E-state index is -1.07. The lowest BCUT2D eigenvalue weighted by Crippen LogP contribution is -2.49. The van der Waals surface area contributed by atoms with E-state index in [4.69, 9.17) is 47.4 Å². The van der Waals surface area contributed by atoms with Gasteiger partial charge in [0.2, 0.25) is 0 Å². The van der Waals surface area contributed by atoms with Gasteiger partial charge in [0.1, 0.15) is 13.6 Å². The second-order valence-electron chi connectivity index (χ2n) is 18.8. The molecule has 0 bridgehead atoms. The smallest absolute Gasteiger partial charge is 0.164 e. The summed E-state index contributed by atoms with van der Waals surface area (Å²) in [6.07, 6.45) is 4.65. The Labute approximate surface area is 314 Å². The first-order chi connectivity index (χ1) is 23.8. The van der Waals surface area contributed by atoms with E-state index < -0.39 is 45.2 Å². The normalized spacial score (nSPS) is 37.2. The van der Waals surface area contributed by atoms with Crippen LogP contribution in [-0.2, 0) is 47.4 Å². The summed E-state index contributed by atoms with van der Waals surface area (Å²) in [5, 5.41) is 23.5. The molecule has 0 aromatic carbocycles. The van der Waals surface area contributed by atoms with Crippen LogP contribution in [0.15, 0.2) is 0 Å². The first kappa shape index (κ1) is 44.2. The van der Waals surface area contributed by atoms with Gasteiger partial charge < -0.3 is 57.6 Å². The van der Waals surface area contributed by atoms with Crippen molar-refractivity contribution < 1.29 is 57.6 Å². The van der Waals surface area contributed by atoms with Crippen molar-refractivity contribution in [2.45, 2.75) is 229 Å². The molecule has 0 aromatic rings. The minimum absolute atomic E-state index is 0.112. The third-order valence-corrected chi connectivity index (χ3v) is 12.1. The molecule has 4 fully saturated rings. The Kier molecular flexibility index (Phi) is 13.8. The maximum absolute atomic E-state index is 11.7. The van der Waals surface area contributed by atoms with E-state index in [9.17, 15) is 10.2 Å². The quantitative estimate of drug-likeness (QED) is 0.139. The van der Waals surface area contributed by atoms with Crippen LogP contribution < -0.4 is 0 Å². The van der Waals surface area contributed by atoms with E-state index in [-0.39, 0.29) is 50.2 Å². The number of aliphatic hydroxyl groups is 2. The zero-order valence-corrected chi connectivity index (χ0v) is 34.9. The molecule has 4 aliphatic heterocycles. The van der Waals surface area contributed by atoms with Crippen molar-refractivity contribution >= 4 is 0 Å². The van der Waals surface area contributed by atoms with Gasteiger partial charge in [-0.25, -0.2) is 0 Å². The Morgan fingerprint density at radius 3 is 1.23 bits per heavy atom. The maximum atomic E-state index is 11.7. The van der Waals surface area contributed by atoms with Crippen molar-refractivity contribution in [3.8, 4) is 0 Å². The topological polar surface area (TPSA) is 133 Å². The maximum Gasteiger partial charge on any atom is 0.164 e. The molecule has 4 heterocycles. The highest BCUT2D eigenvalue weighted by Gasteiger charge is 2.54. The van der Waals surface area contributed by atoms with Crippen molar-refractivity contribution in [2.75, 3.05) is 27.8 Å². The number of hydrogen-bond acceptors (Lipinski definition) is 12. The summed E-state index contributed by atoms with van der Waals surface area (Å²) in [6, 6.07) is 0. The van der Waals surface area contributed by atoms with Gasteiger partial charge >= 0.3 is 0 Å². The summed E-state index contributed by atoms with van der Waals surface area (Å²) >= 11 is 0. The molecule has 306 valence electrons. The largest absolute Gasteiger partial charge is 0.387 e. The number of hydrogen-bond donors (Lipinski definition) is 2. The SMILES string of the molecule is COCO[C@H](CC[C@@H](OCOC)[C@]1(C)CC[C@H]([C@@](C)(O)CC[C@H]2OC(C)(C)OC2(C)C)O1)[C@]1(C)CC[C@H]([C@@](C)(O)CC[C@H]2OC(C)(C)OC2(C)C)O1. The zero-order chi connectivity index (χ0) is 39.0. The molecule has 12 heteroatoms. The Bertz CT molecular complexity index is 1070. The third-order valence-electron chi connectivity index (χ3n) is 12.1. The van der Waals surface area contributed by atoms with Crippen LogP contribution in [0.25, 0.3) is 0 Å². The van der Waals surface area contributed by atoms with E-state index in [1.54, 1.807) is 14.2 Å². The highest BCUT2D eigenvalue weighted by molar-refractivity contribution is 5.02. The molecule has 52 heavy (non-hydrogen) atoms. The lowest BCUT2D eigenvalue weighted by Gasteiger charge is -2.40. The molecular weight excluding hydrogens is 672 g/mol. The Hall–Kier alpha value is -0.480. The third kappa shape index (κ3) is 10.7. The summed E-state index contributed by atoms with van der Waals surface area (Å²) in [7, 11) is 3.22. The van der Waals surface area contributed by atoms with Gasteiger partial charge in [0.25, 0.3) is 0 Å². The average Bonchev–Trinajstić information content (AvgIpc) is 3.73. The predicted octanol–water partition coefficient (Wildman–Crippen LogP) is 6.54. The second kappa shape index (κ2) is 16.2. The lowest BCUT2D eigenvalue weighted by molar-refractivity contribution is -0.209. The van der Waals surface area contributed by atoms with E-state index >= 15 is 0 Å². The van der Waals surface area contributed by atoms with E-state index in [1.165, 1.54) is 0 Å². The molecule has 4 aliphatic rings. The summed E-state index contributed by atoms with van der Waals surface area (Å²) in [5.41, 5.74) is -4.36. The standard InChI is InChI=1S/C40H74O12/c1-33(2)27(47-35(5,6)51-33)17-21-37(9,41)29-19-23-39(11,49-29)31(45-25-43-13)15-16-32(46-26-44-14)40(12)24-20-30(50-40)38(10,42)22-18-28-34(3,4)52-36(7,8)48-28/h27-32,41-42H,15-26H2,1-14H3/t27-,28-,29-,30-,31-,32-,37+,38+,39+,40+/m1/s1. The van der Waals surface area contributed by atoms with Crippen LogP contribution in [0.1, 0.15) is 147 Å². The van der Waals surface area contributed by atoms with E-state index in [1.807, 2.05) is 69.2 Å². The first-order valence-corrected chi connectivity index (χ1v) is 19.6. The fraction of sp³-hybridized carbons (Fsp3) is 1.00. The summed E-state index contributed by atoms with van der Waals surface area (Å²) < 4.78 is 61.4. The van der Waals surface area contributed by atoms with Crippen molar-refractivity contribution in [3.63, 3.8) is 0 Å². The van der Waals surface area contributed by atoms with Crippen LogP contribution in [0, 0.1) is 0 Å². The molecule has 0 aromatic heterocycles. The number of methoxy groups -OCH3 is 2. The number of ether oxygens (including phenoxy) is 10. The van der Waals surface area contributed by atoms with Crippen LogP contribution in [0.5, 0.6) is 0 Å². The van der Waals surface area contributed by atoms with Crippen LogP contribution in [0.2, 0.25) is 0 Å². The van der Waals surface area contributed by atoms with Gasteiger partial charge in [-0.15, -0.1) is 0 Å². The van der Waals surface area contributed by atoms with Gasteiger partial charge in [0.05, 0.1) is 70.2 Å². The molecular formula is C40H74O12. The molecule has 0 aliphatic carbocycles. The Morgan fingerprint density at radius 2 is 0.942 bits per heavy atom. The first-order valence-electron chi connectivity index (χ1n) is 19.6. The average molecular weight is 747 g/mol. The van der Waals surface area contributed by atoms with Gasteiger partial charge in [-0.05, 0) is 147 Å². The monoisotopic (exact) mass is 747 g/mol. The molecule has 4 saturated heterocycles. The van der Waals surface area contributed by atoms with E-state index in [0.29, 0.717) is 51.4 Å². The highest BCUT2D eigenvalue weighted by atomic mass is 16.8. The van der Waals surface area contributed by atoms with Crippen molar-refractivity contribution in [1.29, 1.82) is 0 Å². The number of rotatable bonds is 19. The fourth-order valence-corrected chi connectivity index (χ4v) is 9.20. The zero-order valence-electron chi connectivity index (χ0n) is 34.9. The van der Waals surface area contributed by atoms with Crippen LogP contribution in [0.3, 0.4) is 0 Å². The molecule has 0 saturated carbocycles. The van der Waals surface area contributed by atoms with Crippen LogP contribution in [0.4, 0.5) is 0 Å². The van der Waals surface area contributed by atoms with Crippen molar-refractivity contribution in [1.82, 2.24) is 0 Å². The van der Waals surface area contributed by atoms with Gasteiger partial charge in [0.15, 0.2) is 11.6 Å². The van der Waals surface area contributed by atoms with Gasteiger partial charge in [-0.3, -0.25) is 0 Å². The molecule has 10 atom stereocenters. The minimum Gasteiger partial charge on any atom is -0.387 e. The summed E-state index contributed by atoms with van der Waals surface area (Å²) in [6.45, 7) is 23.9. The highest BCUT2D eigenvalue weighted by Crippen LogP contribution is 2.46. The van der Waals surface area contributed by atoms with Crippen LogP contribution >= 0.6 is 0 Å². The van der Waals surface area contributed by atoms with Gasteiger partial charge in [0, 0.05) is 14.2 Å². The molecule has 4 rings (SSSR count). The van der Waals surface area contributed by atoms with Gasteiger partial charge in [-0.2, -0.15) is 0 Å². The Morgan fingerprint density at radius 1 is 0.596 bits per heavy atom. The van der Waals surface area contributed by atoms with Crippen LogP contribution in [-0.4, -0.2) is 120 Å². The molecule has 2 N–H and O–H groups in total. The summed E-state index contributed by atoms with van der Waals surface area (Å²) in [4.78, 5) is 0. The van der Waals surface area contributed by atoms with Gasteiger partial charge in [-0.1, -0.05) is 0 Å².